The van der Waals surface area contributed by atoms with Crippen molar-refractivity contribution in [1.29, 1.82) is 0 Å². The van der Waals surface area contributed by atoms with Gasteiger partial charge in [0.1, 0.15) is 6.04 Å². The summed E-state index contributed by atoms with van der Waals surface area (Å²) in [5.41, 5.74) is 4.15. The third-order valence-corrected chi connectivity index (χ3v) is 6.79. The van der Waals surface area contributed by atoms with Crippen LogP contribution in [0.15, 0.2) is 48.5 Å². The van der Waals surface area contributed by atoms with Crippen LogP contribution in [0.4, 0.5) is 0 Å². The number of fused-ring (bicyclic) bond motifs is 2. The Morgan fingerprint density at radius 1 is 0.970 bits per heavy atom. The molecule has 0 aromatic heterocycles. The quantitative estimate of drug-likeness (QED) is 0.608. The molecule has 2 aromatic carbocycles. The van der Waals surface area contributed by atoms with Gasteiger partial charge in [0.05, 0.1) is 6.54 Å². The Balaban J connectivity index is 1.06. The molecule has 7 nitrogen and oxygen atoms in total. The number of benzene rings is 2. The van der Waals surface area contributed by atoms with Gasteiger partial charge in [-0.15, -0.1) is 0 Å². The first kappa shape index (κ1) is 21.6. The topological polar surface area (TPSA) is 81.8 Å². The Bertz CT molecular complexity index is 1070. The zero-order valence-corrected chi connectivity index (χ0v) is 18.8. The molecule has 5 rings (SSSR count). The van der Waals surface area contributed by atoms with Crippen LogP contribution in [0.2, 0.25) is 0 Å². The van der Waals surface area contributed by atoms with Crippen LogP contribution >= 0.6 is 0 Å². The van der Waals surface area contributed by atoms with Crippen LogP contribution < -0.4 is 10.6 Å². The van der Waals surface area contributed by atoms with Gasteiger partial charge in [-0.05, 0) is 48.4 Å². The fourth-order valence-electron chi connectivity index (χ4n) is 4.94. The normalized spacial score (nSPS) is 19.7. The molecule has 1 atom stereocenters. The molecule has 33 heavy (non-hydrogen) atoms. The lowest BCUT2D eigenvalue weighted by Gasteiger charge is -2.28. The molecule has 0 spiro atoms. The summed E-state index contributed by atoms with van der Waals surface area (Å²) in [5, 5.41) is 5.65. The third kappa shape index (κ3) is 4.64. The van der Waals surface area contributed by atoms with Crippen molar-refractivity contribution in [2.24, 2.45) is 0 Å². The number of nitrogens with zero attached hydrogens (tertiary/aromatic N) is 2. The van der Waals surface area contributed by atoms with E-state index >= 15 is 0 Å². The zero-order chi connectivity index (χ0) is 22.8. The first-order valence-electron chi connectivity index (χ1n) is 11.9. The molecule has 2 aliphatic heterocycles. The second-order valence-corrected chi connectivity index (χ2v) is 9.15. The van der Waals surface area contributed by atoms with E-state index in [2.05, 4.69) is 39.8 Å². The van der Waals surface area contributed by atoms with Gasteiger partial charge in [-0.3, -0.25) is 19.3 Å². The van der Waals surface area contributed by atoms with Crippen LogP contribution in [0.25, 0.3) is 0 Å². The molecule has 0 unspecified atom stereocenters. The van der Waals surface area contributed by atoms with Gasteiger partial charge in [0.2, 0.25) is 11.8 Å². The minimum Gasteiger partial charge on any atom is -0.355 e. The molecular formula is C26H30N4O3. The number of carbonyl (C=O) groups is 3. The molecule has 0 radical (unpaired) electrons. The molecule has 1 fully saturated rings. The fourth-order valence-corrected chi connectivity index (χ4v) is 4.94. The molecule has 0 bridgehead atoms. The summed E-state index contributed by atoms with van der Waals surface area (Å²) in [6.07, 6.45) is 3.78. The lowest BCUT2D eigenvalue weighted by molar-refractivity contribution is -0.129. The number of nitrogens with one attached hydrogen (secondary N) is 2. The Morgan fingerprint density at radius 3 is 2.55 bits per heavy atom. The van der Waals surface area contributed by atoms with E-state index in [-0.39, 0.29) is 30.3 Å². The Morgan fingerprint density at radius 2 is 1.73 bits per heavy atom. The van der Waals surface area contributed by atoms with E-state index in [1.165, 1.54) is 11.1 Å². The molecule has 2 aromatic rings. The number of hydrogen-bond acceptors (Lipinski definition) is 4. The maximum absolute atomic E-state index is 12.9. The summed E-state index contributed by atoms with van der Waals surface area (Å²) in [4.78, 5) is 42.1. The van der Waals surface area contributed by atoms with Crippen molar-refractivity contribution in [2.75, 3.05) is 26.2 Å². The molecule has 2 heterocycles. The van der Waals surface area contributed by atoms with E-state index < -0.39 is 6.04 Å². The van der Waals surface area contributed by atoms with Gasteiger partial charge in [0, 0.05) is 37.8 Å². The summed E-state index contributed by atoms with van der Waals surface area (Å²) < 4.78 is 0. The lowest BCUT2D eigenvalue weighted by Crippen LogP contribution is -2.44. The molecule has 7 heteroatoms. The van der Waals surface area contributed by atoms with Gasteiger partial charge >= 0.3 is 0 Å². The highest BCUT2D eigenvalue weighted by Crippen LogP contribution is 2.41. The predicted molar refractivity (Wildman–Crippen MR) is 124 cm³/mol. The first-order chi connectivity index (χ1) is 16.1. The van der Waals surface area contributed by atoms with Crippen molar-refractivity contribution in [3.05, 3.63) is 70.8 Å². The largest absolute Gasteiger partial charge is 0.355 e. The molecule has 3 aliphatic rings. The van der Waals surface area contributed by atoms with Gasteiger partial charge in [-0.1, -0.05) is 42.5 Å². The van der Waals surface area contributed by atoms with Crippen molar-refractivity contribution in [3.8, 4) is 0 Å². The van der Waals surface area contributed by atoms with Crippen LogP contribution in [-0.2, 0) is 22.6 Å². The second kappa shape index (κ2) is 9.35. The van der Waals surface area contributed by atoms with Crippen LogP contribution in [0.5, 0.6) is 0 Å². The summed E-state index contributed by atoms with van der Waals surface area (Å²) in [5.74, 6) is -0.580. The van der Waals surface area contributed by atoms with Crippen molar-refractivity contribution >= 4 is 17.7 Å². The molecular weight excluding hydrogens is 416 g/mol. The van der Waals surface area contributed by atoms with E-state index in [1.54, 1.807) is 11.0 Å². The smallest absolute Gasteiger partial charge is 0.255 e. The fraction of sp³-hybridized carbons (Fsp3) is 0.423. The monoisotopic (exact) mass is 446 g/mol. The summed E-state index contributed by atoms with van der Waals surface area (Å²) in [6.45, 7) is 3.42. The van der Waals surface area contributed by atoms with Crippen LogP contribution in [0, 0.1) is 0 Å². The van der Waals surface area contributed by atoms with Gasteiger partial charge in [0.15, 0.2) is 0 Å². The average Bonchev–Trinajstić information content (AvgIpc) is 3.64. The van der Waals surface area contributed by atoms with Gasteiger partial charge in [-0.25, -0.2) is 0 Å². The van der Waals surface area contributed by atoms with E-state index in [1.807, 2.05) is 18.2 Å². The van der Waals surface area contributed by atoms with Gasteiger partial charge in [0.25, 0.3) is 5.91 Å². The van der Waals surface area contributed by atoms with Crippen molar-refractivity contribution in [3.63, 3.8) is 0 Å². The number of amides is 3. The number of carbonyl (C=O) groups excluding carboxylic acids is 3. The Hall–Kier alpha value is -3.19. The van der Waals surface area contributed by atoms with Crippen molar-refractivity contribution in [1.82, 2.24) is 20.4 Å². The molecule has 1 saturated carbocycles. The maximum atomic E-state index is 12.9. The first-order valence-corrected chi connectivity index (χ1v) is 11.9. The van der Waals surface area contributed by atoms with Gasteiger partial charge in [-0.2, -0.15) is 0 Å². The van der Waals surface area contributed by atoms with E-state index in [4.69, 9.17) is 0 Å². The molecule has 0 saturated heterocycles. The summed E-state index contributed by atoms with van der Waals surface area (Å²) in [6, 6.07) is 15.3. The molecule has 1 aliphatic carbocycles. The highest BCUT2D eigenvalue weighted by molar-refractivity contribution is 6.05. The lowest BCUT2D eigenvalue weighted by atomic mass is 10.00. The van der Waals surface area contributed by atoms with Crippen LogP contribution in [-0.4, -0.2) is 59.7 Å². The van der Waals surface area contributed by atoms with Crippen LogP contribution in [0.1, 0.15) is 52.4 Å². The maximum Gasteiger partial charge on any atom is 0.255 e. The highest BCUT2D eigenvalue weighted by atomic mass is 16.2. The highest BCUT2D eigenvalue weighted by Gasteiger charge is 2.47. The van der Waals surface area contributed by atoms with Crippen molar-refractivity contribution in [2.45, 2.75) is 44.3 Å². The molecule has 3 amide bonds. The molecule has 172 valence electrons. The minimum absolute atomic E-state index is 0.0821. The van der Waals surface area contributed by atoms with Crippen molar-refractivity contribution < 1.29 is 14.4 Å². The molecule has 2 N–H and O–H groups in total. The standard InChI is InChI=1S/C26H30N4O3/c31-23(27-13-5-14-29-15-12-18-6-1-2-7-19(18)17-29)16-28-25(32)24-21-8-3-4-9-22(21)26(33)30(24)20-10-11-20/h1-4,6-9,20,24H,5,10-17H2,(H,27,31)(H,28,32)/t24-/m0/s1. The number of rotatable bonds is 8. The minimum atomic E-state index is -0.643. The Kier molecular flexibility index (Phi) is 6.13. The SMILES string of the molecule is O=C(CNC(=O)[C@@H]1c2ccccc2C(=O)N1C1CC1)NCCCN1CCc2ccccc2C1. The van der Waals surface area contributed by atoms with Gasteiger partial charge < -0.3 is 15.5 Å². The number of hydrogen-bond donors (Lipinski definition) is 2. The second-order valence-electron chi connectivity index (χ2n) is 9.15. The zero-order valence-electron chi connectivity index (χ0n) is 18.8. The summed E-state index contributed by atoms with van der Waals surface area (Å²) >= 11 is 0. The van der Waals surface area contributed by atoms with E-state index in [0.29, 0.717) is 12.1 Å². The van der Waals surface area contributed by atoms with Crippen LogP contribution in [0.3, 0.4) is 0 Å². The third-order valence-electron chi connectivity index (χ3n) is 6.79. The van der Waals surface area contributed by atoms with E-state index in [9.17, 15) is 14.4 Å². The van der Waals surface area contributed by atoms with E-state index in [0.717, 1.165) is 50.9 Å². The Labute approximate surface area is 194 Å². The summed E-state index contributed by atoms with van der Waals surface area (Å²) in [7, 11) is 0. The average molecular weight is 447 g/mol. The predicted octanol–water partition coefficient (Wildman–Crippen LogP) is 2.03.